The van der Waals surface area contributed by atoms with E-state index < -0.39 is 0 Å². The molecule has 0 atom stereocenters. The molecule has 3 heteroatoms. The third-order valence-corrected chi connectivity index (χ3v) is 3.49. The van der Waals surface area contributed by atoms with Gasteiger partial charge < -0.3 is 10.2 Å². The Hall–Kier alpha value is -1.35. The number of anilines is 1. The van der Waals surface area contributed by atoms with Gasteiger partial charge in [-0.3, -0.25) is 4.79 Å². The van der Waals surface area contributed by atoms with Crippen molar-refractivity contribution in [3.8, 4) is 0 Å². The van der Waals surface area contributed by atoms with E-state index in [9.17, 15) is 4.79 Å². The van der Waals surface area contributed by atoms with Crippen molar-refractivity contribution in [2.24, 2.45) is 0 Å². The van der Waals surface area contributed by atoms with Crippen LogP contribution in [-0.4, -0.2) is 24.5 Å². The van der Waals surface area contributed by atoms with Crippen LogP contribution >= 0.6 is 0 Å². The van der Waals surface area contributed by atoms with E-state index in [0.717, 1.165) is 24.3 Å². The summed E-state index contributed by atoms with van der Waals surface area (Å²) in [7, 11) is 0. The molecule has 0 aliphatic carbocycles. The largest absolute Gasteiger partial charge is 0.311 e. The molecule has 0 bridgehead atoms. The predicted octanol–water partition coefficient (Wildman–Crippen LogP) is 2.41. The molecular formula is C15H22N2O. The number of carbonyl (C=O) groups excluding carboxylic acids is 1. The first-order valence-electron chi connectivity index (χ1n) is 6.52. The molecule has 0 radical (unpaired) electrons. The van der Waals surface area contributed by atoms with Crippen LogP contribution in [0.3, 0.4) is 0 Å². The molecule has 0 unspecified atom stereocenters. The highest BCUT2D eigenvalue weighted by Crippen LogP contribution is 2.25. The number of carbonyl (C=O) groups is 1. The molecule has 0 spiro atoms. The highest BCUT2D eigenvalue weighted by Gasteiger charge is 2.29. The number of amides is 1. The molecule has 1 heterocycles. The normalized spacial score (nSPS) is 19.8. The van der Waals surface area contributed by atoms with Crippen LogP contribution in [0.5, 0.6) is 0 Å². The van der Waals surface area contributed by atoms with Crippen molar-refractivity contribution in [2.75, 3.05) is 18.0 Å². The maximum absolute atomic E-state index is 12.4. The van der Waals surface area contributed by atoms with Gasteiger partial charge in [0.15, 0.2) is 0 Å². The van der Waals surface area contributed by atoms with E-state index in [0.29, 0.717) is 6.42 Å². The number of nitrogens with zero attached hydrogens (tertiary/aromatic N) is 1. The fourth-order valence-corrected chi connectivity index (χ4v) is 2.43. The van der Waals surface area contributed by atoms with Gasteiger partial charge in [-0.05, 0) is 44.9 Å². The minimum Gasteiger partial charge on any atom is -0.311 e. The van der Waals surface area contributed by atoms with Gasteiger partial charge in [-0.1, -0.05) is 12.1 Å². The topological polar surface area (TPSA) is 32.3 Å². The highest BCUT2D eigenvalue weighted by atomic mass is 16.2. The fraction of sp³-hybridized carbons (Fsp3) is 0.533. The number of hydrogen-bond donors (Lipinski definition) is 1. The molecular weight excluding hydrogens is 224 g/mol. The van der Waals surface area contributed by atoms with Crippen molar-refractivity contribution in [3.05, 3.63) is 29.3 Å². The van der Waals surface area contributed by atoms with Gasteiger partial charge in [-0.2, -0.15) is 0 Å². The second-order valence-corrected chi connectivity index (χ2v) is 5.82. The second kappa shape index (κ2) is 4.73. The van der Waals surface area contributed by atoms with Crippen molar-refractivity contribution in [1.82, 2.24) is 5.32 Å². The van der Waals surface area contributed by atoms with Crippen LogP contribution in [0, 0.1) is 13.8 Å². The summed E-state index contributed by atoms with van der Waals surface area (Å²) in [6.07, 6.45) is 0.542. The van der Waals surface area contributed by atoms with E-state index in [-0.39, 0.29) is 11.4 Å². The summed E-state index contributed by atoms with van der Waals surface area (Å²) in [5.41, 5.74) is 3.30. The molecule has 1 amide bonds. The van der Waals surface area contributed by atoms with Gasteiger partial charge >= 0.3 is 0 Å². The molecule has 1 saturated heterocycles. The van der Waals surface area contributed by atoms with Crippen LogP contribution in [0.2, 0.25) is 0 Å². The van der Waals surface area contributed by atoms with Gasteiger partial charge in [0.05, 0.1) is 0 Å². The molecule has 1 aliphatic rings. The lowest BCUT2D eigenvalue weighted by Crippen LogP contribution is -2.39. The molecule has 2 rings (SSSR count). The number of rotatable bonds is 1. The van der Waals surface area contributed by atoms with Gasteiger partial charge in [0, 0.05) is 30.7 Å². The third-order valence-electron chi connectivity index (χ3n) is 3.49. The maximum atomic E-state index is 12.4. The monoisotopic (exact) mass is 246 g/mol. The molecule has 18 heavy (non-hydrogen) atoms. The molecule has 1 aliphatic heterocycles. The number of benzene rings is 1. The van der Waals surface area contributed by atoms with Crippen molar-refractivity contribution >= 4 is 11.6 Å². The maximum Gasteiger partial charge on any atom is 0.228 e. The van der Waals surface area contributed by atoms with Crippen molar-refractivity contribution in [3.63, 3.8) is 0 Å². The third kappa shape index (κ3) is 2.72. The fourth-order valence-electron chi connectivity index (χ4n) is 2.43. The van der Waals surface area contributed by atoms with Crippen LogP contribution in [0.15, 0.2) is 18.2 Å². The molecule has 1 fully saturated rings. The Labute approximate surface area is 109 Å². The standard InChI is InChI=1S/C15H22N2O/c1-11-5-6-12(2)13(9-11)17-8-7-16-15(3,4)10-14(17)18/h5-6,9,16H,7-8,10H2,1-4H3. The summed E-state index contributed by atoms with van der Waals surface area (Å²) >= 11 is 0. The molecule has 98 valence electrons. The zero-order chi connectivity index (χ0) is 13.3. The first-order valence-corrected chi connectivity index (χ1v) is 6.52. The number of nitrogens with one attached hydrogen (secondary N) is 1. The predicted molar refractivity (Wildman–Crippen MR) is 75.0 cm³/mol. The quantitative estimate of drug-likeness (QED) is 0.825. The van der Waals surface area contributed by atoms with Crippen LogP contribution in [-0.2, 0) is 4.79 Å². The van der Waals surface area contributed by atoms with E-state index in [4.69, 9.17) is 0 Å². The van der Waals surface area contributed by atoms with E-state index in [2.05, 4.69) is 51.2 Å². The Morgan fingerprint density at radius 2 is 2.00 bits per heavy atom. The van der Waals surface area contributed by atoms with Crippen LogP contribution in [0.25, 0.3) is 0 Å². The molecule has 1 N–H and O–H groups in total. The average Bonchev–Trinajstić information content (AvgIpc) is 2.40. The zero-order valence-corrected chi connectivity index (χ0v) is 11.7. The lowest BCUT2D eigenvalue weighted by molar-refractivity contribution is -0.119. The summed E-state index contributed by atoms with van der Waals surface area (Å²) in [5.74, 6) is 0.207. The summed E-state index contributed by atoms with van der Waals surface area (Å²) in [5, 5.41) is 3.42. The first kappa shape index (κ1) is 13.1. The van der Waals surface area contributed by atoms with E-state index in [1.54, 1.807) is 0 Å². The van der Waals surface area contributed by atoms with E-state index in [1.807, 2.05) is 4.90 Å². The SMILES string of the molecule is Cc1ccc(C)c(N2CCNC(C)(C)CC2=O)c1. The van der Waals surface area contributed by atoms with Crippen molar-refractivity contribution in [1.29, 1.82) is 0 Å². The van der Waals surface area contributed by atoms with Crippen molar-refractivity contribution in [2.45, 2.75) is 39.7 Å². The Balaban J connectivity index is 2.32. The van der Waals surface area contributed by atoms with Crippen LogP contribution in [0.1, 0.15) is 31.4 Å². The Kier molecular flexibility index (Phi) is 3.44. The van der Waals surface area contributed by atoms with Gasteiger partial charge in [0.1, 0.15) is 0 Å². The molecule has 0 aromatic heterocycles. The Morgan fingerprint density at radius 3 is 2.72 bits per heavy atom. The molecule has 1 aromatic carbocycles. The summed E-state index contributed by atoms with van der Waals surface area (Å²) in [4.78, 5) is 14.3. The van der Waals surface area contributed by atoms with Crippen LogP contribution in [0.4, 0.5) is 5.69 Å². The summed E-state index contributed by atoms with van der Waals surface area (Å²) in [6.45, 7) is 9.87. The zero-order valence-electron chi connectivity index (χ0n) is 11.7. The van der Waals surface area contributed by atoms with Crippen LogP contribution < -0.4 is 10.2 Å². The van der Waals surface area contributed by atoms with Gasteiger partial charge in [0.25, 0.3) is 0 Å². The van der Waals surface area contributed by atoms with Gasteiger partial charge in [0.2, 0.25) is 5.91 Å². The highest BCUT2D eigenvalue weighted by molar-refractivity contribution is 5.95. The minimum atomic E-state index is -0.108. The van der Waals surface area contributed by atoms with Crippen molar-refractivity contribution < 1.29 is 4.79 Å². The lowest BCUT2D eigenvalue weighted by atomic mass is 10.0. The van der Waals surface area contributed by atoms with Gasteiger partial charge in [-0.15, -0.1) is 0 Å². The molecule has 3 nitrogen and oxygen atoms in total. The summed E-state index contributed by atoms with van der Waals surface area (Å²) < 4.78 is 0. The molecule has 1 aromatic rings. The number of aryl methyl sites for hydroxylation is 2. The number of hydrogen-bond acceptors (Lipinski definition) is 2. The second-order valence-electron chi connectivity index (χ2n) is 5.82. The molecule has 0 saturated carbocycles. The summed E-state index contributed by atoms with van der Waals surface area (Å²) in [6, 6.07) is 6.27. The van der Waals surface area contributed by atoms with E-state index >= 15 is 0 Å². The first-order chi connectivity index (χ1) is 8.39. The average molecular weight is 246 g/mol. The Morgan fingerprint density at radius 1 is 1.28 bits per heavy atom. The minimum absolute atomic E-state index is 0.108. The lowest BCUT2D eigenvalue weighted by Gasteiger charge is -2.24. The van der Waals surface area contributed by atoms with E-state index in [1.165, 1.54) is 5.56 Å². The van der Waals surface area contributed by atoms with Gasteiger partial charge in [-0.25, -0.2) is 0 Å². The smallest absolute Gasteiger partial charge is 0.228 e. The Bertz CT molecular complexity index is 466.